The zero-order valence-electron chi connectivity index (χ0n) is 7.29. The summed E-state index contributed by atoms with van der Waals surface area (Å²) in [6, 6.07) is 8.98. The van der Waals surface area contributed by atoms with Gasteiger partial charge in [-0.3, -0.25) is 0 Å². The van der Waals surface area contributed by atoms with Crippen molar-refractivity contribution in [2.75, 3.05) is 0 Å². The van der Waals surface area contributed by atoms with Crippen LogP contribution in [0.3, 0.4) is 0 Å². The first-order valence-electron chi connectivity index (χ1n) is 3.98. The van der Waals surface area contributed by atoms with Crippen molar-refractivity contribution < 1.29 is 17.9 Å². The van der Waals surface area contributed by atoms with Crippen LogP contribution in [-0.2, 0) is 11.3 Å². The number of benzene rings is 1. The Labute approximate surface area is 79.8 Å². The van der Waals surface area contributed by atoms with Gasteiger partial charge in [0.2, 0.25) is 0 Å². The molecule has 0 aliphatic rings. The maximum atomic E-state index is 11.6. The molecular weight excluding hydrogens is 193 g/mol. The number of alkyl halides is 3. The molecule has 0 radical (unpaired) electrons. The molecule has 4 heteroatoms. The van der Waals surface area contributed by atoms with E-state index < -0.39 is 6.18 Å². The lowest BCUT2D eigenvalue weighted by atomic mass is 10.2. The molecule has 0 aliphatic carbocycles. The van der Waals surface area contributed by atoms with Crippen LogP contribution in [0.2, 0.25) is 0 Å². The smallest absolute Gasteiger partial charge is 0.412 e. The predicted octanol–water partition coefficient (Wildman–Crippen LogP) is 3.28. The summed E-state index contributed by atoms with van der Waals surface area (Å²) >= 11 is 0. The second-order valence-corrected chi connectivity index (χ2v) is 2.64. The Morgan fingerprint density at radius 1 is 1.14 bits per heavy atom. The second-order valence-electron chi connectivity index (χ2n) is 2.64. The average molecular weight is 202 g/mol. The van der Waals surface area contributed by atoms with Crippen molar-refractivity contribution in [3.05, 3.63) is 48.2 Å². The van der Waals surface area contributed by atoms with Crippen molar-refractivity contribution in [3.63, 3.8) is 0 Å². The molecule has 0 aliphatic heterocycles. The van der Waals surface area contributed by atoms with E-state index in [0.717, 1.165) is 5.56 Å². The topological polar surface area (TPSA) is 9.23 Å². The molecule has 0 N–H and O–H groups in total. The molecule has 0 saturated heterocycles. The van der Waals surface area contributed by atoms with Gasteiger partial charge >= 0.3 is 6.18 Å². The summed E-state index contributed by atoms with van der Waals surface area (Å²) in [6.07, 6.45) is -3.58. The quantitative estimate of drug-likeness (QED) is 0.683. The Morgan fingerprint density at radius 2 is 1.79 bits per heavy atom. The van der Waals surface area contributed by atoms with Crippen LogP contribution in [0, 0.1) is 0 Å². The van der Waals surface area contributed by atoms with Gasteiger partial charge in [-0.25, -0.2) is 0 Å². The lowest BCUT2D eigenvalue weighted by Gasteiger charge is -2.01. The van der Waals surface area contributed by atoms with Gasteiger partial charge in [-0.05, 0) is 5.56 Å². The van der Waals surface area contributed by atoms with Crippen LogP contribution < -0.4 is 0 Å². The number of rotatable bonds is 3. The average Bonchev–Trinajstić information content (AvgIpc) is 2.13. The van der Waals surface area contributed by atoms with Crippen molar-refractivity contribution >= 4 is 0 Å². The van der Waals surface area contributed by atoms with Crippen LogP contribution in [-0.4, -0.2) is 6.18 Å². The third kappa shape index (κ3) is 4.54. The van der Waals surface area contributed by atoms with Crippen LogP contribution in [0.15, 0.2) is 42.7 Å². The molecule has 0 saturated carbocycles. The molecular formula is C10H9F3O. The fourth-order valence-corrected chi connectivity index (χ4v) is 0.844. The van der Waals surface area contributed by atoms with E-state index in [1.807, 2.05) is 6.07 Å². The standard InChI is InChI=1S/C10H9F3O/c11-10(12,13)6-7-14-8-9-4-2-1-3-5-9/h1-7H,8H2/b7-6+. The van der Waals surface area contributed by atoms with E-state index >= 15 is 0 Å². The molecule has 0 amide bonds. The molecule has 1 aromatic rings. The van der Waals surface area contributed by atoms with E-state index in [-0.39, 0.29) is 12.7 Å². The minimum Gasteiger partial charge on any atom is -0.497 e. The third-order valence-electron chi connectivity index (χ3n) is 1.45. The summed E-state index contributed by atoms with van der Waals surface area (Å²) < 4.78 is 39.5. The van der Waals surface area contributed by atoms with Crippen LogP contribution >= 0.6 is 0 Å². The lowest BCUT2D eigenvalue weighted by molar-refractivity contribution is -0.0817. The van der Waals surface area contributed by atoms with E-state index in [4.69, 9.17) is 4.74 Å². The zero-order valence-corrected chi connectivity index (χ0v) is 7.29. The van der Waals surface area contributed by atoms with E-state index in [9.17, 15) is 13.2 Å². The maximum Gasteiger partial charge on any atom is 0.412 e. The number of ether oxygens (including phenoxy) is 1. The van der Waals surface area contributed by atoms with Crippen molar-refractivity contribution in [1.82, 2.24) is 0 Å². The van der Waals surface area contributed by atoms with Crippen LogP contribution in [0.25, 0.3) is 0 Å². The van der Waals surface area contributed by atoms with Gasteiger partial charge in [0, 0.05) is 0 Å². The van der Waals surface area contributed by atoms with E-state index in [1.165, 1.54) is 0 Å². The SMILES string of the molecule is FC(F)(F)/C=C/OCc1ccccc1. The molecule has 0 aromatic heterocycles. The highest BCUT2D eigenvalue weighted by atomic mass is 19.4. The minimum absolute atomic E-state index is 0.0654. The van der Waals surface area contributed by atoms with Crippen molar-refractivity contribution in [1.29, 1.82) is 0 Å². The number of allylic oxidation sites excluding steroid dienone is 1. The van der Waals surface area contributed by atoms with Crippen molar-refractivity contribution in [2.45, 2.75) is 12.8 Å². The Balaban J connectivity index is 2.33. The molecule has 0 spiro atoms. The minimum atomic E-state index is -4.31. The Bertz CT molecular complexity index is 290. The summed E-state index contributed by atoms with van der Waals surface area (Å²) in [5.41, 5.74) is 0.833. The molecule has 1 aromatic carbocycles. The normalized spacial score (nSPS) is 11.9. The third-order valence-corrected chi connectivity index (χ3v) is 1.45. The molecule has 0 heterocycles. The van der Waals surface area contributed by atoms with Crippen LogP contribution in [0.1, 0.15) is 5.56 Å². The highest BCUT2D eigenvalue weighted by Crippen LogP contribution is 2.15. The highest BCUT2D eigenvalue weighted by molar-refractivity contribution is 5.13. The number of halogens is 3. The second kappa shape index (κ2) is 4.69. The predicted molar refractivity (Wildman–Crippen MR) is 46.4 cm³/mol. The summed E-state index contributed by atoms with van der Waals surface area (Å²) in [5, 5.41) is 0. The van der Waals surface area contributed by atoms with Crippen molar-refractivity contribution in [3.8, 4) is 0 Å². The van der Waals surface area contributed by atoms with Gasteiger partial charge in [0.05, 0.1) is 12.3 Å². The van der Waals surface area contributed by atoms with Gasteiger partial charge in [0.1, 0.15) is 6.61 Å². The first-order valence-corrected chi connectivity index (χ1v) is 3.98. The molecule has 0 atom stereocenters. The maximum absolute atomic E-state index is 11.6. The van der Waals surface area contributed by atoms with Gasteiger partial charge in [0.25, 0.3) is 0 Å². The Morgan fingerprint density at radius 3 is 2.36 bits per heavy atom. The first kappa shape index (κ1) is 10.6. The molecule has 0 fully saturated rings. The van der Waals surface area contributed by atoms with E-state index in [1.54, 1.807) is 24.3 Å². The monoisotopic (exact) mass is 202 g/mol. The van der Waals surface area contributed by atoms with Gasteiger partial charge in [0.15, 0.2) is 0 Å². The van der Waals surface area contributed by atoms with E-state index in [2.05, 4.69) is 0 Å². The molecule has 1 nitrogen and oxygen atoms in total. The first-order chi connectivity index (χ1) is 6.58. The van der Waals surface area contributed by atoms with Gasteiger partial charge in [-0.1, -0.05) is 30.3 Å². The van der Waals surface area contributed by atoms with Gasteiger partial charge in [-0.15, -0.1) is 0 Å². The summed E-state index contributed by atoms with van der Waals surface area (Å²) in [4.78, 5) is 0. The summed E-state index contributed by atoms with van der Waals surface area (Å²) in [7, 11) is 0. The van der Waals surface area contributed by atoms with Crippen LogP contribution in [0.5, 0.6) is 0 Å². The molecule has 0 unspecified atom stereocenters. The summed E-state index contributed by atoms with van der Waals surface area (Å²) in [5.74, 6) is 0. The Kier molecular flexibility index (Phi) is 3.56. The number of hydrogen-bond acceptors (Lipinski definition) is 1. The van der Waals surface area contributed by atoms with Gasteiger partial charge in [-0.2, -0.15) is 13.2 Å². The van der Waals surface area contributed by atoms with Gasteiger partial charge < -0.3 is 4.74 Å². The molecule has 76 valence electrons. The van der Waals surface area contributed by atoms with Crippen molar-refractivity contribution in [2.24, 2.45) is 0 Å². The van der Waals surface area contributed by atoms with E-state index in [0.29, 0.717) is 6.26 Å². The summed E-state index contributed by atoms with van der Waals surface area (Å²) in [6.45, 7) is 0.146. The number of hydrogen-bond donors (Lipinski definition) is 0. The molecule has 1 rings (SSSR count). The lowest BCUT2D eigenvalue weighted by Crippen LogP contribution is -2.01. The zero-order chi connectivity index (χ0) is 10.4. The van der Waals surface area contributed by atoms with Crippen LogP contribution in [0.4, 0.5) is 13.2 Å². The fraction of sp³-hybridized carbons (Fsp3) is 0.200. The fourth-order valence-electron chi connectivity index (χ4n) is 0.844. The molecule has 14 heavy (non-hydrogen) atoms. The largest absolute Gasteiger partial charge is 0.497 e. The highest BCUT2D eigenvalue weighted by Gasteiger charge is 2.22. The molecule has 0 bridgehead atoms. The Hall–Kier alpha value is -1.45.